The molecule has 1 amide bonds. The molecule has 0 aliphatic heterocycles. The number of amides is 1. The summed E-state index contributed by atoms with van der Waals surface area (Å²) in [5.41, 5.74) is 0. The summed E-state index contributed by atoms with van der Waals surface area (Å²) in [6.45, 7) is -1.06. The fraction of sp³-hybridized carbons (Fsp3) is 0.200. The second-order valence-corrected chi connectivity index (χ2v) is 5.08. The monoisotopic (exact) mass is 272 g/mol. The Kier molecular flexibility index (Phi) is 4.81. The number of sulfonamides is 1. The summed E-state index contributed by atoms with van der Waals surface area (Å²) in [7, 11) is -3.75. The zero-order chi connectivity index (χ0) is 13.6. The summed E-state index contributed by atoms with van der Waals surface area (Å²) < 4.78 is 25.4. The first-order valence-electron chi connectivity index (χ1n) is 4.95. The third-order valence-electron chi connectivity index (χ3n) is 1.91. The highest BCUT2D eigenvalue weighted by Crippen LogP contribution is 2.06. The van der Waals surface area contributed by atoms with Gasteiger partial charge in [-0.05, 0) is 12.1 Å². The molecule has 0 saturated heterocycles. The summed E-state index contributed by atoms with van der Waals surface area (Å²) in [6.07, 6.45) is 0. The van der Waals surface area contributed by atoms with Gasteiger partial charge in [-0.1, -0.05) is 18.2 Å². The molecule has 1 aromatic carbocycles. The molecular weight excluding hydrogens is 260 g/mol. The Morgan fingerprint density at radius 2 is 1.72 bits per heavy atom. The Morgan fingerprint density at radius 1 is 1.11 bits per heavy atom. The van der Waals surface area contributed by atoms with Crippen LogP contribution in [0.3, 0.4) is 0 Å². The lowest BCUT2D eigenvalue weighted by atomic mass is 10.4. The van der Waals surface area contributed by atoms with E-state index in [1.54, 1.807) is 18.2 Å². The second kappa shape index (κ2) is 6.12. The quantitative estimate of drug-likeness (QED) is 0.625. The maximum absolute atomic E-state index is 11.7. The van der Waals surface area contributed by atoms with Crippen molar-refractivity contribution in [2.45, 2.75) is 4.90 Å². The summed E-state index contributed by atoms with van der Waals surface area (Å²) in [5.74, 6) is -1.91. The molecule has 18 heavy (non-hydrogen) atoms. The molecule has 98 valence electrons. The first-order valence-corrected chi connectivity index (χ1v) is 6.43. The van der Waals surface area contributed by atoms with Gasteiger partial charge in [0, 0.05) is 0 Å². The Bertz CT molecular complexity index is 526. The molecule has 0 aliphatic carbocycles. The number of aliphatic carboxylic acids is 1. The smallest absolute Gasteiger partial charge is 0.322 e. The lowest BCUT2D eigenvalue weighted by molar-refractivity contribution is -0.137. The van der Waals surface area contributed by atoms with E-state index in [0.717, 1.165) is 0 Å². The average molecular weight is 272 g/mol. The van der Waals surface area contributed by atoms with Gasteiger partial charge in [0.25, 0.3) is 0 Å². The highest BCUT2D eigenvalue weighted by atomic mass is 32.2. The Hall–Kier alpha value is -1.93. The van der Waals surface area contributed by atoms with E-state index in [4.69, 9.17) is 5.11 Å². The standard InChI is InChI=1S/C10H12N2O5S/c13-9(11-7-10(14)15)6-12-18(16,17)8-4-2-1-3-5-8/h1-5,12H,6-7H2,(H,11,13)(H,14,15). The lowest BCUT2D eigenvalue weighted by Crippen LogP contribution is -2.38. The Balaban J connectivity index is 2.53. The fourth-order valence-electron chi connectivity index (χ4n) is 1.08. The minimum Gasteiger partial charge on any atom is -0.480 e. The lowest BCUT2D eigenvalue weighted by Gasteiger charge is -2.06. The van der Waals surface area contributed by atoms with E-state index >= 15 is 0 Å². The Labute approximate surface area is 104 Å². The largest absolute Gasteiger partial charge is 0.480 e. The van der Waals surface area contributed by atoms with Crippen LogP contribution in [0.2, 0.25) is 0 Å². The van der Waals surface area contributed by atoms with Crippen LogP contribution in [0.25, 0.3) is 0 Å². The van der Waals surface area contributed by atoms with Gasteiger partial charge in [-0.25, -0.2) is 13.1 Å². The average Bonchev–Trinajstić information content (AvgIpc) is 2.35. The number of nitrogens with one attached hydrogen (secondary N) is 2. The first-order chi connectivity index (χ1) is 8.42. The van der Waals surface area contributed by atoms with Crippen LogP contribution < -0.4 is 10.0 Å². The molecule has 0 fully saturated rings. The van der Waals surface area contributed by atoms with E-state index in [1.807, 2.05) is 5.32 Å². The van der Waals surface area contributed by atoms with Crippen LogP contribution >= 0.6 is 0 Å². The predicted molar refractivity (Wildman–Crippen MR) is 62.3 cm³/mol. The van der Waals surface area contributed by atoms with Crippen LogP contribution in [0.1, 0.15) is 0 Å². The molecule has 0 saturated carbocycles. The number of rotatable bonds is 6. The van der Waals surface area contributed by atoms with Gasteiger partial charge < -0.3 is 10.4 Å². The molecule has 0 spiro atoms. The summed E-state index contributed by atoms with van der Waals surface area (Å²) >= 11 is 0. The van der Waals surface area contributed by atoms with Crippen molar-refractivity contribution in [1.82, 2.24) is 10.0 Å². The molecular formula is C10H12N2O5S. The summed E-state index contributed by atoms with van der Waals surface area (Å²) in [6, 6.07) is 7.55. The molecule has 8 heteroatoms. The van der Waals surface area contributed by atoms with Crippen molar-refractivity contribution < 1.29 is 23.1 Å². The number of benzene rings is 1. The molecule has 0 atom stereocenters. The van der Waals surface area contributed by atoms with Crippen LogP contribution in [0.15, 0.2) is 35.2 Å². The molecule has 0 unspecified atom stereocenters. The number of carboxylic acid groups (broad SMARTS) is 1. The highest BCUT2D eigenvalue weighted by Gasteiger charge is 2.14. The number of carboxylic acids is 1. The SMILES string of the molecule is O=C(O)CNC(=O)CNS(=O)(=O)c1ccccc1. The number of hydrogen-bond acceptors (Lipinski definition) is 4. The van der Waals surface area contributed by atoms with Crippen molar-refractivity contribution in [3.05, 3.63) is 30.3 Å². The zero-order valence-electron chi connectivity index (χ0n) is 9.29. The van der Waals surface area contributed by atoms with Gasteiger partial charge in [0.2, 0.25) is 15.9 Å². The maximum atomic E-state index is 11.7. The van der Waals surface area contributed by atoms with Crippen molar-refractivity contribution >= 4 is 21.9 Å². The van der Waals surface area contributed by atoms with E-state index in [0.29, 0.717) is 0 Å². The number of carbonyl (C=O) groups excluding carboxylic acids is 1. The molecule has 0 aliphatic rings. The van der Waals surface area contributed by atoms with E-state index < -0.39 is 35.0 Å². The minimum atomic E-state index is -3.75. The summed E-state index contributed by atoms with van der Waals surface area (Å²) in [4.78, 5) is 21.3. The molecule has 3 N–H and O–H groups in total. The molecule has 1 rings (SSSR count). The molecule has 1 aromatic rings. The van der Waals surface area contributed by atoms with Crippen LogP contribution in [0.4, 0.5) is 0 Å². The number of hydrogen-bond donors (Lipinski definition) is 3. The molecule has 0 aromatic heterocycles. The van der Waals surface area contributed by atoms with Gasteiger partial charge in [0.05, 0.1) is 11.4 Å². The van der Waals surface area contributed by atoms with Crippen LogP contribution in [0.5, 0.6) is 0 Å². The van der Waals surface area contributed by atoms with Crippen LogP contribution in [0, 0.1) is 0 Å². The normalized spacial score (nSPS) is 10.9. The van der Waals surface area contributed by atoms with E-state index in [2.05, 4.69) is 4.72 Å². The van der Waals surface area contributed by atoms with Crippen molar-refractivity contribution in [2.75, 3.05) is 13.1 Å². The topological polar surface area (TPSA) is 113 Å². The Morgan fingerprint density at radius 3 is 2.28 bits per heavy atom. The third-order valence-corrected chi connectivity index (χ3v) is 3.33. The minimum absolute atomic E-state index is 0.0380. The van der Waals surface area contributed by atoms with Crippen molar-refractivity contribution in [3.8, 4) is 0 Å². The van der Waals surface area contributed by atoms with Gasteiger partial charge in [-0.3, -0.25) is 9.59 Å². The van der Waals surface area contributed by atoms with E-state index in [-0.39, 0.29) is 4.90 Å². The molecule has 0 radical (unpaired) electrons. The molecule has 0 heterocycles. The van der Waals surface area contributed by atoms with Crippen LogP contribution in [-0.4, -0.2) is 38.5 Å². The molecule has 7 nitrogen and oxygen atoms in total. The van der Waals surface area contributed by atoms with Gasteiger partial charge in [0.15, 0.2) is 0 Å². The third kappa shape index (κ3) is 4.52. The summed E-state index contributed by atoms with van der Waals surface area (Å²) in [5, 5.41) is 10.4. The molecule has 0 bridgehead atoms. The van der Waals surface area contributed by atoms with Crippen molar-refractivity contribution in [2.24, 2.45) is 0 Å². The van der Waals surface area contributed by atoms with Gasteiger partial charge in [0.1, 0.15) is 6.54 Å². The maximum Gasteiger partial charge on any atom is 0.322 e. The van der Waals surface area contributed by atoms with Gasteiger partial charge in [-0.2, -0.15) is 0 Å². The van der Waals surface area contributed by atoms with Crippen LogP contribution in [-0.2, 0) is 19.6 Å². The predicted octanol–water partition coefficient (Wildman–Crippen LogP) is -0.834. The number of carbonyl (C=O) groups is 2. The van der Waals surface area contributed by atoms with Crippen molar-refractivity contribution in [3.63, 3.8) is 0 Å². The van der Waals surface area contributed by atoms with Gasteiger partial charge in [-0.15, -0.1) is 0 Å². The zero-order valence-corrected chi connectivity index (χ0v) is 10.1. The fourth-order valence-corrected chi connectivity index (χ4v) is 2.08. The van der Waals surface area contributed by atoms with Gasteiger partial charge >= 0.3 is 5.97 Å². The second-order valence-electron chi connectivity index (χ2n) is 3.31. The first kappa shape index (κ1) is 14.1. The van der Waals surface area contributed by atoms with Crippen molar-refractivity contribution in [1.29, 1.82) is 0 Å². The van der Waals surface area contributed by atoms with E-state index in [9.17, 15) is 18.0 Å². The highest BCUT2D eigenvalue weighted by molar-refractivity contribution is 7.89. The van der Waals surface area contributed by atoms with E-state index in [1.165, 1.54) is 12.1 Å².